The SMILES string of the molecule is COc1ccc([C@@]23C(=O)N(Nc4ccc(Cl)cc4Cl)C(=O)[C@@H]2C[C@@H]2C(=CC[C@@H]4C(=O)N(C(C)(C)C)C(=O)[C@@H]42)[C@@H]3c2cc(OC)ccc2O)cc1. The van der Waals surface area contributed by atoms with Gasteiger partial charge in [0, 0.05) is 22.0 Å². The van der Waals surface area contributed by atoms with Crippen molar-refractivity contribution in [2.24, 2.45) is 23.7 Å². The number of methoxy groups -OCH3 is 2. The third kappa shape index (κ3) is 4.90. The summed E-state index contributed by atoms with van der Waals surface area (Å²) in [7, 11) is 3.04. The van der Waals surface area contributed by atoms with Gasteiger partial charge in [0.05, 0.1) is 48.1 Å². The molecule has 2 aliphatic carbocycles. The van der Waals surface area contributed by atoms with Crippen molar-refractivity contribution < 1.29 is 33.8 Å². The summed E-state index contributed by atoms with van der Waals surface area (Å²) >= 11 is 12.7. The van der Waals surface area contributed by atoms with Crippen LogP contribution in [0.25, 0.3) is 0 Å². The topological polar surface area (TPSA) is 125 Å². The Morgan fingerprint density at radius 1 is 0.860 bits per heavy atom. The van der Waals surface area contributed by atoms with Crippen molar-refractivity contribution in [3.8, 4) is 17.2 Å². The van der Waals surface area contributed by atoms with E-state index in [1.54, 1.807) is 48.5 Å². The van der Waals surface area contributed by atoms with Gasteiger partial charge in [-0.05, 0) is 93.6 Å². The molecule has 0 bridgehead atoms. The molecule has 2 aliphatic heterocycles. The fraction of sp³-hybridized carbons (Fsp3) is 0.368. The molecule has 260 valence electrons. The Morgan fingerprint density at radius 3 is 2.18 bits per heavy atom. The van der Waals surface area contributed by atoms with Crippen LogP contribution < -0.4 is 14.9 Å². The highest BCUT2D eigenvalue weighted by Crippen LogP contribution is 2.65. The Hall–Kier alpha value is -4.54. The zero-order valence-electron chi connectivity index (χ0n) is 28.2. The summed E-state index contributed by atoms with van der Waals surface area (Å²) in [5.41, 5.74) is 2.49. The van der Waals surface area contributed by atoms with E-state index in [0.29, 0.717) is 33.2 Å². The average Bonchev–Trinajstić information content (AvgIpc) is 3.47. The molecule has 1 saturated carbocycles. The van der Waals surface area contributed by atoms with E-state index in [9.17, 15) is 19.5 Å². The first kappa shape index (κ1) is 33.9. The molecule has 7 rings (SSSR count). The molecule has 2 N–H and O–H groups in total. The van der Waals surface area contributed by atoms with Gasteiger partial charge < -0.3 is 14.6 Å². The number of allylic oxidation sites excluding steroid dienone is 2. The van der Waals surface area contributed by atoms with Gasteiger partial charge in [-0.15, -0.1) is 0 Å². The van der Waals surface area contributed by atoms with Crippen LogP contribution in [0.15, 0.2) is 72.3 Å². The van der Waals surface area contributed by atoms with Gasteiger partial charge in [0.2, 0.25) is 11.8 Å². The van der Waals surface area contributed by atoms with Gasteiger partial charge in [-0.2, -0.15) is 5.01 Å². The fourth-order valence-electron chi connectivity index (χ4n) is 8.74. The van der Waals surface area contributed by atoms with Gasteiger partial charge in [0.15, 0.2) is 0 Å². The Balaban J connectivity index is 1.49. The number of anilines is 1. The summed E-state index contributed by atoms with van der Waals surface area (Å²) in [5, 5.41) is 13.2. The molecule has 3 aromatic carbocycles. The second-order valence-corrected chi connectivity index (χ2v) is 15.2. The van der Waals surface area contributed by atoms with E-state index < -0.39 is 52.4 Å². The molecule has 50 heavy (non-hydrogen) atoms. The molecule has 4 amide bonds. The molecule has 2 saturated heterocycles. The van der Waals surface area contributed by atoms with E-state index >= 15 is 4.79 Å². The number of likely N-dealkylation sites (tertiary alicyclic amines) is 1. The summed E-state index contributed by atoms with van der Waals surface area (Å²) in [6.07, 6.45) is 2.31. The van der Waals surface area contributed by atoms with Crippen LogP contribution in [-0.4, -0.2) is 58.4 Å². The van der Waals surface area contributed by atoms with Gasteiger partial charge in [-0.25, -0.2) is 0 Å². The van der Waals surface area contributed by atoms with Crippen LogP contribution in [-0.2, 0) is 24.6 Å². The van der Waals surface area contributed by atoms with Gasteiger partial charge in [-0.1, -0.05) is 47.0 Å². The number of nitrogens with one attached hydrogen (secondary N) is 1. The van der Waals surface area contributed by atoms with E-state index in [1.807, 2.05) is 26.8 Å². The molecular formula is C38H37Cl2N3O7. The van der Waals surface area contributed by atoms with Gasteiger partial charge in [0.25, 0.3) is 11.8 Å². The Labute approximate surface area is 299 Å². The van der Waals surface area contributed by atoms with Crippen molar-refractivity contribution in [3.05, 3.63) is 93.5 Å². The third-order valence-corrected chi connectivity index (χ3v) is 11.3. The highest BCUT2D eigenvalue weighted by atomic mass is 35.5. The summed E-state index contributed by atoms with van der Waals surface area (Å²) in [6.45, 7) is 5.48. The van der Waals surface area contributed by atoms with Crippen molar-refractivity contribution in [3.63, 3.8) is 0 Å². The first-order valence-electron chi connectivity index (χ1n) is 16.4. The minimum absolute atomic E-state index is 0.106. The lowest BCUT2D eigenvalue weighted by Gasteiger charge is -2.50. The van der Waals surface area contributed by atoms with E-state index in [4.69, 9.17) is 32.7 Å². The molecular weight excluding hydrogens is 681 g/mol. The maximum atomic E-state index is 15.3. The number of rotatable bonds is 6. The number of ether oxygens (including phenoxy) is 2. The van der Waals surface area contributed by atoms with Crippen LogP contribution in [0.5, 0.6) is 17.2 Å². The number of phenols is 1. The van der Waals surface area contributed by atoms with Gasteiger partial charge >= 0.3 is 0 Å². The zero-order chi connectivity index (χ0) is 35.9. The van der Waals surface area contributed by atoms with Crippen molar-refractivity contribution in [1.29, 1.82) is 0 Å². The van der Waals surface area contributed by atoms with Crippen molar-refractivity contribution in [1.82, 2.24) is 9.91 Å². The normalized spacial score (nSPS) is 27.5. The number of fused-ring (bicyclic) bond motifs is 4. The van der Waals surface area contributed by atoms with Crippen molar-refractivity contribution >= 4 is 52.5 Å². The minimum atomic E-state index is -1.61. The lowest BCUT2D eigenvalue weighted by molar-refractivity contribution is -0.146. The standard InChI is InChI=1S/C38H37Cl2N3O7/c1-37(2,3)42-33(45)24-13-12-23-25(31(24)35(42)47)18-27-34(46)43(41-29-14-8-20(39)16-28(29)40)36(48)38(27,19-6-9-21(49-4)10-7-19)32(23)26-17-22(50-5)11-15-30(26)44/h6-12,14-17,24-25,27,31-32,41,44H,13,18H2,1-5H3/t24-,25+,27-,31-,32+,38+/m0/s1. The van der Waals surface area contributed by atoms with Crippen LogP contribution in [0.1, 0.15) is 50.7 Å². The number of phenolic OH excluding ortho intramolecular Hbond substituents is 1. The van der Waals surface area contributed by atoms with E-state index in [2.05, 4.69) is 5.43 Å². The summed E-state index contributed by atoms with van der Waals surface area (Å²) in [6, 6.07) is 16.4. The van der Waals surface area contributed by atoms with Crippen LogP contribution in [0.3, 0.4) is 0 Å². The number of nitrogens with zero attached hydrogens (tertiary/aromatic N) is 2. The number of hydrogen-bond donors (Lipinski definition) is 2. The molecule has 0 aromatic heterocycles. The van der Waals surface area contributed by atoms with Gasteiger partial charge in [0.1, 0.15) is 17.2 Å². The third-order valence-electron chi connectivity index (χ3n) is 10.8. The first-order chi connectivity index (χ1) is 23.7. The second-order valence-electron chi connectivity index (χ2n) is 14.3. The summed E-state index contributed by atoms with van der Waals surface area (Å²) < 4.78 is 11.0. The summed E-state index contributed by atoms with van der Waals surface area (Å²) in [4.78, 5) is 59.6. The molecule has 6 atom stereocenters. The van der Waals surface area contributed by atoms with E-state index in [-0.39, 0.29) is 41.1 Å². The number of hydrogen-bond acceptors (Lipinski definition) is 8. The van der Waals surface area contributed by atoms with E-state index in [1.165, 1.54) is 31.3 Å². The number of hydrazine groups is 1. The quantitative estimate of drug-likeness (QED) is 0.219. The molecule has 10 nitrogen and oxygen atoms in total. The van der Waals surface area contributed by atoms with Crippen molar-refractivity contribution in [2.75, 3.05) is 19.6 Å². The Kier molecular flexibility index (Phi) is 8.18. The molecule has 0 unspecified atom stereocenters. The molecule has 4 aliphatic rings. The largest absolute Gasteiger partial charge is 0.508 e. The first-order valence-corrected chi connectivity index (χ1v) is 17.2. The predicted octanol–water partition coefficient (Wildman–Crippen LogP) is 6.50. The van der Waals surface area contributed by atoms with Crippen LogP contribution >= 0.6 is 23.2 Å². The maximum Gasteiger partial charge on any atom is 0.260 e. The molecule has 12 heteroatoms. The summed E-state index contributed by atoms with van der Waals surface area (Å²) in [5.74, 6) is -4.68. The molecule has 2 heterocycles. The smallest absolute Gasteiger partial charge is 0.260 e. The zero-order valence-corrected chi connectivity index (χ0v) is 29.7. The Morgan fingerprint density at radius 2 is 1.54 bits per heavy atom. The minimum Gasteiger partial charge on any atom is -0.508 e. The highest BCUT2D eigenvalue weighted by molar-refractivity contribution is 6.36. The number of halogens is 2. The van der Waals surface area contributed by atoms with E-state index in [0.717, 1.165) is 5.01 Å². The van der Waals surface area contributed by atoms with Crippen LogP contribution in [0.4, 0.5) is 5.69 Å². The fourth-order valence-corrected chi connectivity index (χ4v) is 9.19. The maximum absolute atomic E-state index is 15.3. The number of imide groups is 2. The molecule has 0 spiro atoms. The average molecular weight is 719 g/mol. The van der Waals surface area contributed by atoms with Crippen LogP contribution in [0.2, 0.25) is 10.0 Å². The highest BCUT2D eigenvalue weighted by Gasteiger charge is 2.71. The monoisotopic (exact) mass is 717 g/mol. The van der Waals surface area contributed by atoms with Crippen molar-refractivity contribution in [2.45, 2.75) is 50.5 Å². The molecule has 3 aromatic rings. The number of aromatic hydroxyl groups is 1. The van der Waals surface area contributed by atoms with Gasteiger partial charge in [-0.3, -0.25) is 29.5 Å². The molecule has 0 radical (unpaired) electrons. The lowest BCUT2D eigenvalue weighted by atomic mass is 9.49. The second kappa shape index (κ2) is 12.1. The lowest BCUT2D eigenvalue weighted by Crippen LogP contribution is -2.53. The van der Waals surface area contributed by atoms with Crippen LogP contribution in [0, 0.1) is 23.7 Å². The number of carbonyl (C=O) groups excluding carboxylic acids is 4. The molecule has 3 fully saturated rings. The number of carbonyl (C=O) groups is 4. The number of amides is 4. The Bertz CT molecular complexity index is 1970. The number of benzene rings is 3. The predicted molar refractivity (Wildman–Crippen MR) is 187 cm³/mol.